The van der Waals surface area contributed by atoms with Crippen molar-refractivity contribution in [3.63, 3.8) is 0 Å². The second kappa shape index (κ2) is 10.1. The molecular formula is C12H22N2O2S. The van der Waals surface area contributed by atoms with Crippen LogP contribution in [-0.4, -0.2) is 43.1 Å². The van der Waals surface area contributed by atoms with Crippen molar-refractivity contribution in [2.45, 2.75) is 13.3 Å². The molecule has 0 spiro atoms. The third-order valence-electron chi connectivity index (χ3n) is 1.99. The number of carbonyl (C=O) groups is 1. The molecule has 0 amide bonds. The van der Waals surface area contributed by atoms with Crippen molar-refractivity contribution in [2.75, 3.05) is 32.2 Å². The van der Waals surface area contributed by atoms with Crippen LogP contribution >= 0.6 is 11.8 Å². The van der Waals surface area contributed by atoms with Gasteiger partial charge in [0.05, 0.1) is 6.61 Å². The van der Waals surface area contributed by atoms with Gasteiger partial charge in [0.1, 0.15) is 5.70 Å². The molecule has 4 nitrogen and oxygen atoms in total. The lowest BCUT2D eigenvalue weighted by Crippen LogP contribution is -2.15. The first kappa shape index (κ1) is 15.9. The van der Waals surface area contributed by atoms with Crippen molar-refractivity contribution in [3.8, 4) is 0 Å². The van der Waals surface area contributed by atoms with E-state index in [0.29, 0.717) is 6.61 Å². The van der Waals surface area contributed by atoms with Gasteiger partial charge in [-0.1, -0.05) is 0 Å². The lowest BCUT2D eigenvalue weighted by Gasteiger charge is -2.12. The Bertz CT molecular complexity index is 278. The number of ether oxygens (including phenoxy) is 1. The topological polar surface area (TPSA) is 55.6 Å². The van der Waals surface area contributed by atoms with Crippen LogP contribution in [0.1, 0.15) is 13.3 Å². The first-order valence-electron chi connectivity index (χ1n) is 5.62. The Balaban J connectivity index is 3.98. The summed E-state index contributed by atoms with van der Waals surface area (Å²) >= 11 is 1.84. The number of thioether (sulfide) groups is 1. The van der Waals surface area contributed by atoms with Crippen LogP contribution < -0.4 is 5.73 Å². The summed E-state index contributed by atoms with van der Waals surface area (Å²) in [5, 5.41) is 0. The van der Waals surface area contributed by atoms with Crippen LogP contribution in [0.5, 0.6) is 0 Å². The number of hydrogen-bond acceptors (Lipinski definition) is 5. The molecule has 0 radical (unpaired) electrons. The molecule has 5 heteroatoms. The molecule has 0 aliphatic heterocycles. The Hall–Kier alpha value is -1.10. The molecule has 0 atom stereocenters. The van der Waals surface area contributed by atoms with Gasteiger partial charge in [0.25, 0.3) is 0 Å². The SMILES string of the molecule is CCOC(=O)/C(N)=C\C=C\N(C)CCCSC. The van der Waals surface area contributed by atoms with Crippen molar-refractivity contribution < 1.29 is 9.53 Å². The van der Waals surface area contributed by atoms with E-state index in [0.717, 1.165) is 18.7 Å². The van der Waals surface area contributed by atoms with E-state index in [4.69, 9.17) is 10.5 Å². The zero-order valence-electron chi connectivity index (χ0n) is 10.8. The number of hydrogen-bond donors (Lipinski definition) is 1. The number of nitrogens with two attached hydrogens (primary N) is 1. The molecule has 17 heavy (non-hydrogen) atoms. The van der Waals surface area contributed by atoms with Crippen LogP contribution in [-0.2, 0) is 9.53 Å². The molecule has 98 valence electrons. The second-order valence-electron chi connectivity index (χ2n) is 3.51. The summed E-state index contributed by atoms with van der Waals surface area (Å²) in [6.07, 6.45) is 8.44. The van der Waals surface area contributed by atoms with Gasteiger partial charge in [0.15, 0.2) is 0 Å². The summed E-state index contributed by atoms with van der Waals surface area (Å²) in [7, 11) is 1.99. The fraction of sp³-hybridized carbons (Fsp3) is 0.583. The Labute approximate surface area is 108 Å². The van der Waals surface area contributed by atoms with Crippen molar-refractivity contribution in [1.29, 1.82) is 0 Å². The van der Waals surface area contributed by atoms with Gasteiger partial charge in [0, 0.05) is 13.6 Å². The molecule has 0 aliphatic carbocycles. The van der Waals surface area contributed by atoms with Crippen LogP contribution in [0.4, 0.5) is 0 Å². The van der Waals surface area contributed by atoms with E-state index in [1.807, 2.05) is 25.0 Å². The minimum Gasteiger partial charge on any atom is -0.461 e. The molecule has 2 N–H and O–H groups in total. The highest BCUT2D eigenvalue weighted by molar-refractivity contribution is 7.98. The summed E-state index contributed by atoms with van der Waals surface area (Å²) in [5.41, 5.74) is 5.65. The molecule has 0 rings (SSSR count). The van der Waals surface area contributed by atoms with E-state index in [9.17, 15) is 4.79 Å². The van der Waals surface area contributed by atoms with Gasteiger partial charge < -0.3 is 15.4 Å². The van der Waals surface area contributed by atoms with Crippen LogP contribution in [0.25, 0.3) is 0 Å². The van der Waals surface area contributed by atoms with Crippen LogP contribution in [0.2, 0.25) is 0 Å². The van der Waals surface area contributed by atoms with Crippen LogP contribution in [0, 0.1) is 0 Å². The Morgan fingerprint density at radius 2 is 2.24 bits per heavy atom. The Morgan fingerprint density at radius 3 is 2.82 bits per heavy atom. The number of allylic oxidation sites excluding steroid dienone is 2. The zero-order valence-corrected chi connectivity index (χ0v) is 11.6. The van der Waals surface area contributed by atoms with E-state index in [1.165, 1.54) is 0 Å². The molecule has 0 aromatic heterocycles. The molecule has 0 aromatic carbocycles. The van der Waals surface area contributed by atoms with E-state index in [1.54, 1.807) is 19.1 Å². The van der Waals surface area contributed by atoms with Gasteiger partial charge in [-0.15, -0.1) is 0 Å². The van der Waals surface area contributed by atoms with Crippen molar-refractivity contribution >= 4 is 17.7 Å². The van der Waals surface area contributed by atoms with E-state index >= 15 is 0 Å². The number of esters is 1. The quantitative estimate of drug-likeness (QED) is 0.310. The third-order valence-corrected chi connectivity index (χ3v) is 2.68. The lowest BCUT2D eigenvalue weighted by atomic mass is 10.4. The van der Waals surface area contributed by atoms with Crippen molar-refractivity contribution in [2.24, 2.45) is 5.73 Å². The zero-order chi connectivity index (χ0) is 13.1. The Kier molecular flexibility index (Phi) is 9.43. The largest absolute Gasteiger partial charge is 0.461 e. The first-order valence-corrected chi connectivity index (χ1v) is 7.01. The van der Waals surface area contributed by atoms with Gasteiger partial charge in [-0.25, -0.2) is 4.79 Å². The smallest absolute Gasteiger partial charge is 0.354 e. The molecule has 0 heterocycles. The molecule has 0 aromatic rings. The number of nitrogens with zero attached hydrogens (tertiary/aromatic N) is 1. The van der Waals surface area contributed by atoms with Crippen LogP contribution in [0.3, 0.4) is 0 Å². The highest BCUT2D eigenvalue weighted by atomic mass is 32.2. The fourth-order valence-corrected chi connectivity index (χ4v) is 1.53. The average molecular weight is 258 g/mol. The van der Waals surface area contributed by atoms with Gasteiger partial charge in [-0.2, -0.15) is 11.8 Å². The maximum Gasteiger partial charge on any atom is 0.354 e. The van der Waals surface area contributed by atoms with Gasteiger partial charge in [0.2, 0.25) is 0 Å². The van der Waals surface area contributed by atoms with Crippen molar-refractivity contribution in [1.82, 2.24) is 4.90 Å². The lowest BCUT2D eigenvalue weighted by molar-refractivity contribution is -0.138. The highest BCUT2D eigenvalue weighted by Gasteiger charge is 2.02. The summed E-state index contributed by atoms with van der Waals surface area (Å²) < 4.78 is 4.76. The standard InChI is InChI=1S/C12H22N2O2S/c1-4-16-12(15)11(13)7-5-8-14(2)9-6-10-17-3/h5,7-8H,4,6,9-10,13H2,1-3H3/b8-5+,11-7+. The Morgan fingerprint density at radius 1 is 1.53 bits per heavy atom. The van der Waals surface area contributed by atoms with Gasteiger partial charge in [-0.05, 0) is 43.7 Å². The summed E-state index contributed by atoms with van der Waals surface area (Å²) in [6.45, 7) is 3.08. The van der Waals surface area contributed by atoms with Gasteiger partial charge >= 0.3 is 5.97 Å². The highest BCUT2D eigenvalue weighted by Crippen LogP contribution is 1.98. The first-order chi connectivity index (χ1) is 8.11. The molecule has 0 saturated carbocycles. The predicted octanol–water partition coefficient (Wildman–Crippen LogP) is 1.59. The monoisotopic (exact) mass is 258 g/mol. The molecular weight excluding hydrogens is 236 g/mol. The molecule has 0 fully saturated rings. The van der Waals surface area contributed by atoms with Crippen LogP contribution in [0.15, 0.2) is 24.0 Å². The fourth-order valence-electron chi connectivity index (χ4n) is 1.11. The predicted molar refractivity (Wildman–Crippen MR) is 73.7 cm³/mol. The minimum atomic E-state index is -0.470. The molecule has 0 unspecified atom stereocenters. The van der Waals surface area contributed by atoms with E-state index < -0.39 is 5.97 Å². The number of carbonyl (C=O) groups excluding carboxylic acids is 1. The molecule has 0 aliphatic rings. The van der Waals surface area contributed by atoms with Crippen molar-refractivity contribution in [3.05, 3.63) is 24.0 Å². The van der Waals surface area contributed by atoms with Gasteiger partial charge in [-0.3, -0.25) is 0 Å². The summed E-state index contributed by atoms with van der Waals surface area (Å²) in [5.74, 6) is 0.682. The van der Waals surface area contributed by atoms with E-state index in [-0.39, 0.29) is 5.70 Å². The van der Waals surface area contributed by atoms with E-state index in [2.05, 4.69) is 11.2 Å². The maximum atomic E-state index is 11.2. The third kappa shape index (κ3) is 8.68. The second-order valence-corrected chi connectivity index (χ2v) is 4.50. The minimum absolute atomic E-state index is 0.126. The normalized spacial score (nSPS) is 11.8. The molecule has 0 bridgehead atoms. The summed E-state index contributed by atoms with van der Waals surface area (Å²) in [4.78, 5) is 13.2. The molecule has 0 saturated heterocycles. The average Bonchev–Trinajstić information content (AvgIpc) is 2.29. The summed E-state index contributed by atoms with van der Waals surface area (Å²) in [6, 6.07) is 0. The number of rotatable bonds is 8. The maximum absolute atomic E-state index is 11.2.